The Hall–Kier alpha value is -1.83. The molecule has 0 atom stereocenters. The van der Waals surface area contributed by atoms with Crippen molar-refractivity contribution in [1.29, 1.82) is 0 Å². The molecule has 16 heavy (non-hydrogen) atoms. The zero-order valence-electron chi connectivity index (χ0n) is 9.76. The zero-order chi connectivity index (χ0) is 11.8. The normalized spacial score (nSPS) is 11.1. The van der Waals surface area contributed by atoms with Gasteiger partial charge >= 0.3 is 0 Å². The van der Waals surface area contributed by atoms with Gasteiger partial charge in [0.05, 0.1) is 0 Å². The summed E-state index contributed by atoms with van der Waals surface area (Å²) in [6.45, 7) is 3.63. The van der Waals surface area contributed by atoms with Crippen LogP contribution in [0.1, 0.15) is 20.3 Å². The second-order valence-corrected chi connectivity index (χ2v) is 3.40. The van der Waals surface area contributed by atoms with E-state index < -0.39 is 0 Å². The molecular weight excluding hydrogens is 198 g/mol. The molecule has 1 rings (SSSR count). The first-order valence-electron chi connectivity index (χ1n) is 5.44. The maximum atomic E-state index is 11.5. The first-order chi connectivity index (χ1) is 7.75. The van der Waals surface area contributed by atoms with Gasteiger partial charge in [0.25, 0.3) is 0 Å². The SMILES string of the molecule is CCC=CC=CN(C(C)=O)c1ccccc1. The number of carbonyl (C=O) groups is 1. The topological polar surface area (TPSA) is 20.3 Å². The van der Waals surface area contributed by atoms with Crippen molar-refractivity contribution in [3.05, 3.63) is 54.8 Å². The summed E-state index contributed by atoms with van der Waals surface area (Å²) in [6, 6.07) is 9.59. The largest absolute Gasteiger partial charge is 0.288 e. The number of para-hydroxylation sites is 1. The fraction of sp³-hybridized carbons (Fsp3) is 0.214. The molecule has 0 N–H and O–H groups in total. The molecule has 0 aliphatic carbocycles. The summed E-state index contributed by atoms with van der Waals surface area (Å²) in [5.41, 5.74) is 0.885. The molecule has 0 saturated heterocycles. The van der Waals surface area contributed by atoms with Gasteiger partial charge in [-0.25, -0.2) is 0 Å². The van der Waals surface area contributed by atoms with Crippen molar-refractivity contribution in [2.24, 2.45) is 0 Å². The van der Waals surface area contributed by atoms with E-state index in [-0.39, 0.29) is 5.91 Å². The first-order valence-corrected chi connectivity index (χ1v) is 5.44. The molecule has 84 valence electrons. The van der Waals surface area contributed by atoms with Crippen LogP contribution in [-0.2, 0) is 4.79 Å². The van der Waals surface area contributed by atoms with Crippen LogP contribution in [0.2, 0.25) is 0 Å². The Morgan fingerprint density at radius 2 is 1.94 bits per heavy atom. The Kier molecular flexibility index (Phi) is 5.06. The summed E-state index contributed by atoms with van der Waals surface area (Å²) in [5, 5.41) is 0. The number of hydrogen-bond acceptors (Lipinski definition) is 1. The highest BCUT2D eigenvalue weighted by Crippen LogP contribution is 2.13. The van der Waals surface area contributed by atoms with E-state index in [0.29, 0.717) is 0 Å². The predicted octanol–water partition coefficient (Wildman–Crippen LogP) is 3.52. The summed E-state index contributed by atoms with van der Waals surface area (Å²) in [4.78, 5) is 13.1. The average Bonchev–Trinajstić information content (AvgIpc) is 2.30. The van der Waals surface area contributed by atoms with Gasteiger partial charge in [0.2, 0.25) is 5.91 Å². The number of rotatable bonds is 4. The van der Waals surface area contributed by atoms with Crippen LogP contribution in [0.5, 0.6) is 0 Å². The highest BCUT2D eigenvalue weighted by Gasteiger charge is 2.05. The molecule has 0 spiro atoms. The number of allylic oxidation sites excluding steroid dienone is 3. The number of hydrogen-bond donors (Lipinski definition) is 0. The van der Waals surface area contributed by atoms with Crippen molar-refractivity contribution in [2.75, 3.05) is 4.90 Å². The maximum absolute atomic E-state index is 11.5. The van der Waals surface area contributed by atoms with Gasteiger partial charge in [0.1, 0.15) is 0 Å². The van der Waals surface area contributed by atoms with Crippen molar-refractivity contribution < 1.29 is 4.79 Å². The molecule has 0 aromatic heterocycles. The molecule has 2 nitrogen and oxygen atoms in total. The molecule has 0 bridgehead atoms. The van der Waals surface area contributed by atoms with Crippen molar-refractivity contribution in [1.82, 2.24) is 0 Å². The highest BCUT2D eigenvalue weighted by atomic mass is 16.2. The minimum absolute atomic E-state index is 0.00680. The van der Waals surface area contributed by atoms with Gasteiger partial charge in [-0.15, -0.1) is 0 Å². The van der Waals surface area contributed by atoms with Gasteiger partial charge in [-0.05, 0) is 24.6 Å². The standard InChI is InChI=1S/C14H17NO/c1-3-4-5-9-12-15(13(2)16)14-10-7-6-8-11-14/h4-12H,3H2,1-2H3. The molecule has 1 aromatic carbocycles. The Bertz CT molecular complexity index is 379. The molecule has 0 aliphatic rings. The van der Waals surface area contributed by atoms with E-state index >= 15 is 0 Å². The number of carbonyl (C=O) groups excluding carboxylic acids is 1. The Balaban J connectivity index is 2.81. The van der Waals surface area contributed by atoms with Gasteiger partial charge in [-0.1, -0.05) is 37.3 Å². The minimum atomic E-state index is 0.00680. The lowest BCUT2D eigenvalue weighted by Gasteiger charge is -2.15. The fourth-order valence-corrected chi connectivity index (χ4v) is 1.31. The molecule has 0 unspecified atom stereocenters. The smallest absolute Gasteiger partial charge is 0.227 e. The quantitative estimate of drug-likeness (QED) is 0.704. The number of benzene rings is 1. The van der Waals surface area contributed by atoms with Crippen molar-refractivity contribution >= 4 is 11.6 Å². The van der Waals surface area contributed by atoms with E-state index in [2.05, 4.69) is 6.92 Å². The molecule has 0 aliphatic heterocycles. The molecule has 0 radical (unpaired) electrons. The molecule has 0 saturated carbocycles. The lowest BCUT2D eigenvalue weighted by Crippen LogP contribution is -2.21. The van der Waals surface area contributed by atoms with Crippen LogP contribution in [0.25, 0.3) is 0 Å². The zero-order valence-corrected chi connectivity index (χ0v) is 9.76. The summed E-state index contributed by atoms with van der Waals surface area (Å²) in [6.07, 6.45) is 8.64. The average molecular weight is 215 g/mol. The van der Waals surface area contributed by atoms with Crippen molar-refractivity contribution in [2.45, 2.75) is 20.3 Å². The third-order valence-corrected chi connectivity index (χ3v) is 2.09. The van der Waals surface area contributed by atoms with Crippen LogP contribution in [0, 0.1) is 0 Å². The minimum Gasteiger partial charge on any atom is -0.288 e. The van der Waals surface area contributed by atoms with Crippen molar-refractivity contribution in [3.8, 4) is 0 Å². The molecule has 0 fully saturated rings. The van der Waals surface area contributed by atoms with Crippen LogP contribution in [0.15, 0.2) is 54.8 Å². The van der Waals surface area contributed by atoms with Crippen LogP contribution in [0.4, 0.5) is 5.69 Å². The summed E-state index contributed by atoms with van der Waals surface area (Å²) in [5.74, 6) is 0.00680. The van der Waals surface area contributed by atoms with Crippen LogP contribution >= 0.6 is 0 Å². The summed E-state index contributed by atoms with van der Waals surface area (Å²) in [7, 11) is 0. The van der Waals surface area contributed by atoms with E-state index in [4.69, 9.17) is 0 Å². The summed E-state index contributed by atoms with van der Waals surface area (Å²) >= 11 is 0. The van der Waals surface area contributed by atoms with E-state index in [0.717, 1.165) is 12.1 Å². The summed E-state index contributed by atoms with van der Waals surface area (Å²) < 4.78 is 0. The molecule has 0 heterocycles. The Morgan fingerprint density at radius 3 is 2.50 bits per heavy atom. The van der Waals surface area contributed by atoms with Gasteiger partial charge in [-0.2, -0.15) is 0 Å². The highest BCUT2D eigenvalue weighted by molar-refractivity contribution is 5.93. The van der Waals surface area contributed by atoms with Gasteiger partial charge < -0.3 is 0 Å². The third-order valence-electron chi connectivity index (χ3n) is 2.09. The lowest BCUT2D eigenvalue weighted by molar-refractivity contribution is -0.115. The first kappa shape index (κ1) is 12.2. The molecule has 2 heteroatoms. The fourth-order valence-electron chi connectivity index (χ4n) is 1.31. The number of amides is 1. The van der Waals surface area contributed by atoms with Gasteiger partial charge in [0, 0.05) is 18.8 Å². The molecule has 1 aromatic rings. The third kappa shape index (κ3) is 3.73. The van der Waals surface area contributed by atoms with E-state index in [1.54, 1.807) is 18.0 Å². The lowest BCUT2D eigenvalue weighted by atomic mass is 10.3. The van der Waals surface area contributed by atoms with Gasteiger partial charge in [-0.3, -0.25) is 9.69 Å². The van der Waals surface area contributed by atoms with Crippen molar-refractivity contribution in [3.63, 3.8) is 0 Å². The number of anilines is 1. The molecular formula is C14H17NO. The van der Waals surface area contributed by atoms with Crippen LogP contribution in [-0.4, -0.2) is 5.91 Å². The maximum Gasteiger partial charge on any atom is 0.227 e. The van der Waals surface area contributed by atoms with Crippen LogP contribution in [0.3, 0.4) is 0 Å². The molecule has 1 amide bonds. The van der Waals surface area contributed by atoms with Gasteiger partial charge in [0.15, 0.2) is 0 Å². The second kappa shape index (κ2) is 6.62. The van der Waals surface area contributed by atoms with Crippen LogP contribution < -0.4 is 4.90 Å². The Morgan fingerprint density at radius 1 is 1.25 bits per heavy atom. The monoisotopic (exact) mass is 215 g/mol. The van der Waals surface area contributed by atoms with E-state index in [1.807, 2.05) is 48.6 Å². The predicted molar refractivity (Wildman–Crippen MR) is 68.2 cm³/mol. The van der Waals surface area contributed by atoms with E-state index in [9.17, 15) is 4.79 Å². The number of nitrogens with zero attached hydrogens (tertiary/aromatic N) is 1. The Labute approximate surface area is 96.9 Å². The van der Waals surface area contributed by atoms with E-state index in [1.165, 1.54) is 0 Å². The second-order valence-electron chi connectivity index (χ2n) is 3.40.